The molecule has 0 bridgehead atoms. The van der Waals surface area contributed by atoms with Crippen LogP contribution in [0.5, 0.6) is 0 Å². The number of hydrogen-bond donors (Lipinski definition) is 1. The minimum absolute atomic E-state index is 0.118. The van der Waals surface area contributed by atoms with Crippen LogP contribution in [0.3, 0.4) is 0 Å². The summed E-state index contributed by atoms with van der Waals surface area (Å²) in [4.78, 5) is 9.13. The summed E-state index contributed by atoms with van der Waals surface area (Å²) in [6.45, 7) is 10.3. The van der Waals surface area contributed by atoms with Gasteiger partial charge in [-0.3, -0.25) is 0 Å². The maximum atomic E-state index is 4.75. The fraction of sp³-hybridized carbons (Fsp3) is 0.571. The molecule has 2 rings (SSSR count). The Labute approximate surface area is 118 Å². The molecule has 0 unspecified atom stereocenters. The van der Waals surface area contributed by atoms with Crippen LogP contribution in [0.2, 0.25) is 0 Å². The number of nitrogens with zero attached hydrogens (tertiary/aromatic N) is 3. The molecule has 0 radical (unpaired) electrons. The summed E-state index contributed by atoms with van der Waals surface area (Å²) in [6, 6.07) is 0. The number of rotatable bonds is 4. The molecule has 0 aliphatic rings. The second-order valence-electron chi connectivity index (χ2n) is 5.79. The number of aryl methyl sites for hydroxylation is 1. The molecule has 5 heteroatoms. The van der Waals surface area contributed by atoms with Crippen LogP contribution in [0.1, 0.15) is 43.0 Å². The molecule has 0 amide bonds. The highest BCUT2D eigenvalue weighted by Crippen LogP contribution is 2.24. The van der Waals surface area contributed by atoms with E-state index in [1.165, 1.54) is 11.4 Å². The fourth-order valence-electron chi connectivity index (χ4n) is 1.92. The molecule has 2 aromatic rings. The zero-order valence-electron chi connectivity index (χ0n) is 12.3. The topological polar surface area (TPSA) is 42.7 Å². The van der Waals surface area contributed by atoms with E-state index in [1.807, 2.05) is 20.2 Å². The van der Waals surface area contributed by atoms with Gasteiger partial charge in [-0.25, -0.2) is 9.97 Å². The van der Waals surface area contributed by atoms with Crippen molar-refractivity contribution in [3.63, 3.8) is 0 Å². The summed E-state index contributed by atoms with van der Waals surface area (Å²) < 4.78 is 2.22. The number of nitrogens with one attached hydrogen (secondary N) is 1. The molecule has 0 fully saturated rings. The number of imidazole rings is 1. The predicted octanol–water partition coefficient (Wildman–Crippen LogP) is 2.71. The number of thiazole rings is 1. The minimum atomic E-state index is 0.118. The van der Waals surface area contributed by atoms with Gasteiger partial charge in [0.25, 0.3) is 0 Å². The molecule has 104 valence electrons. The Kier molecular flexibility index (Phi) is 4.06. The Hall–Kier alpha value is -1.20. The van der Waals surface area contributed by atoms with Gasteiger partial charge in [0.1, 0.15) is 10.8 Å². The average Bonchev–Trinajstić information content (AvgIpc) is 2.90. The lowest BCUT2D eigenvalue weighted by Gasteiger charge is -2.14. The van der Waals surface area contributed by atoms with Crippen molar-refractivity contribution in [3.05, 3.63) is 33.8 Å². The van der Waals surface area contributed by atoms with Crippen molar-refractivity contribution < 1.29 is 0 Å². The van der Waals surface area contributed by atoms with Crippen LogP contribution < -0.4 is 5.32 Å². The Morgan fingerprint density at radius 1 is 1.37 bits per heavy atom. The second kappa shape index (κ2) is 5.43. The third-order valence-electron chi connectivity index (χ3n) is 3.11. The van der Waals surface area contributed by atoms with Crippen molar-refractivity contribution in [1.29, 1.82) is 0 Å². The largest absolute Gasteiger partial charge is 0.324 e. The normalized spacial score (nSPS) is 12.1. The molecule has 0 saturated carbocycles. The van der Waals surface area contributed by atoms with E-state index in [9.17, 15) is 0 Å². The highest BCUT2D eigenvalue weighted by Gasteiger charge is 2.18. The quantitative estimate of drug-likeness (QED) is 0.935. The van der Waals surface area contributed by atoms with Crippen LogP contribution in [-0.4, -0.2) is 21.6 Å². The molecule has 19 heavy (non-hydrogen) atoms. The molecule has 1 N–H and O–H groups in total. The van der Waals surface area contributed by atoms with E-state index in [0.29, 0.717) is 0 Å². The van der Waals surface area contributed by atoms with Crippen molar-refractivity contribution in [2.45, 2.75) is 46.2 Å². The third-order valence-corrected chi connectivity index (χ3v) is 3.94. The van der Waals surface area contributed by atoms with E-state index in [2.05, 4.69) is 41.0 Å². The van der Waals surface area contributed by atoms with Gasteiger partial charge >= 0.3 is 0 Å². The van der Waals surface area contributed by atoms with Crippen molar-refractivity contribution in [3.8, 4) is 0 Å². The molecule has 2 heterocycles. The van der Waals surface area contributed by atoms with Gasteiger partial charge in [0.15, 0.2) is 0 Å². The van der Waals surface area contributed by atoms with Crippen molar-refractivity contribution >= 4 is 11.3 Å². The van der Waals surface area contributed by atoms with Gasteiger partial charge in [-0.2, -0.15) is 0 Å². The molecule has 4 nitrogen and oxygen atoms in total. The van der Waals surface area contributed by atoms with E-state index in [4.69, 9.17) is 4.98 Å². The van der Waals surface area contributed by atoms with Crippen LogP contribution >= 0.6 is 11.3 Å². The minimum Gasteiger partial charge on any atom is -0.324 e. The first-order chi connectivity index (χ1) is 8.91. The van der Waals surface area contributed by atoms with Crippen LogP contribution in [0.15, 0.2) is 11.6 Å². The molecule has 0 saturated heterocycles. The molecule has 0 aliphatic heterocycles. The summed E-state index contributed by atoms with van der Waals surface area (Å²) in [5.41, 5.74) is 2.49. The van der Waals surface area contributed by atoms with Gasteiger partial charge in [-0.15, -0.1) is 11.3 Å². The predicted molar refractivity (Wildman–Crippen MR) is 79.6 cm³/mol. The second-order valence-corrected chi connectivity index (χ2v) is 6.73. The standard InChI is InChI=1S/C14H22N4S/c1-10-16-7-11(6-15-5)18(10)8-13-17-12(9-19-13)14(2,3)4/h7,9,15H,6,8H2,1-5H3. The molecule has 0 spiro atoms. The lowest BCUT2D eigenvalue weighted by molar-refractivity contribution is 0.568. The highest BCUT2D eigenvalue weighted by atomic mass is 32.1. The first kappa shape index (κ1) is 14.2. The van der Waals surface area contributed by atoms with Crippen LogP contribution in [-0.2, 0) is 18.5 Å². The monoisotopic (exact) mass is 278 g/mol. The Morgan fingerprint density at radius 3 is 2.68 bits per heavy atom. The van der Waals surface area contributed by atoms with E-state index in [0.717, 1.165) is 23.9 Å². The van der Waals surface area contributed by atoms with E-state index >= 15 is 0 Å². The zero-order chi connectivity index (χ0) is 14.0. The Morgan fingerprint density at radius 2 is 2.11 bits per heavy atom. The highest BCUT2D eigenvalue weighted by molar-refractivity contribution is 7.09. The summed E-state index contributed by atoms with van der Waals surface area (Å²) in [6.07, 6.45) is 1.93. The van der Waals surface area contributed by atoms with Crippen molar-refractivity contribution in [2.75, 3.05) is 7.05 Å². The maximum absolute atomic E-state index is 4.75. The van der Waals surface area contributed by atoms with E-state index < -0.39 is 0 Å². The SMILES string of the molecule is CNCc1cnc(C)n1Cc1nc(C(C)(C)C)cs1. The van der Waals surface area contributed by atoms with E-state index in [-0.39, 0.29) is 5.41 Å². The molecular weight excluding hydrogens is 256 g/mol. The Bertz CT molecular complexity index is 548. The molecule has 2 aromatic heterocycles. The molecule has 0 atom stereocenters. The van der Waals surface area contributed by atoms with Gasteiger partial charge in [-0.05, 0) is 14.0 Å². The first-order valence-electron chi connectivity index (χ1n) is 6.52. The summed E-state index contributed by atoms with van der Waals surface area (Å²) in [5, 5.41) is 6.48. The maximum Gasteiger partial charge on any atom is 0.113 e. The van der Waals surface area contributed by atoms with Crippen LogP contribution in [0, 0.1) is 6.92 Å². The lowest BCUT2D eigenvalue weighted by Crippen LogP contribution is -2.14. The van der Waals surface area contributed by atoms with Crippen LogP contribution in [0.4, 0.5) is 0 Å². The van der Waals surface area contributed by atoms with Crippen LogP contribution in [0.25, 0.3) is 0 Å². The van der Waals surface area contributed by atoms with Gasteiger partial charge in [0, 0.05) is 23.5 Å². The summed E-state index contributed by atoms with van der Waals surface area (Å²) in [7, 11) is 1.95. The Balaban J connectivity index is 2.22. The number of aromatic nitrogens is 3. The molecule has 0 aromatic carbocycles. The van der Waals surface area contributed by atoms with Gasteiger partial charge in [0.2, 0.25) is 0 Å². The first-order valence-corrected chi connectivity index (χ1v) is 7.40. The molecule has 0 aliphatic carbocycles. The van der Waals surface area contributed by atoms with Gasteiger partial charge < -0.3 is 9.88 Å². The van der Waals surface area contributed by atoms with Gasteiger partial charge in [-0.1, -0.05) is 20.8 Å². The van der Waals surface area contributed by atoms with E-state index in [1.54, 1.807) is 11.3 Å². The summed E-state index contributed by atoms with van der Waals surface area (Å²) >= 11 is 1.73. The van der Waals surface area contributed by atoms with Gasteiger partial charge in [0.05, 0.1) is 17.9 Å². The third kappa shape index (κ3) is 3.22. The zero-order valence-corrected chi connectivity index (χ0v) is 13.1. The number of hydrogen-bond acceptors (Lipinski definition) is 4. The molecular formula is C14H22N4S. The average molecular weight is 278 g/mol. The fourth-order valence-corrected chi connectivity index (χ4v) is 2.93. The van der Waals surface area contributed by atoms with Crippen molar-refractivity contribution in [1.82, 2.24) is 19.9 Å². The van der Waals surface area contributed by atoms with Crippen molar-refractivity contribution in [2.24, 2.45) is 0 Å². The summed E-state index contributed by atoms with van der Waals surface area (Å²) in [5.74, 6) is 1.04. The lowest BCUT2D eigenvalue weighted by atomic mass is 9.93. The smallest absolute Gasteiger partial charge is 0.113 e.